The van der Waals surface area contributed by atoms with Gasteiger partial charge in [0.2, 0.25) is 5.91 Å². The maximum absolute atomic E-state index is 13.3. The monoisotopic (exact) mass is 521 g/mol. The number of ether oxygens (including phenoxy) is 1. The van der Waals surface area contributed by atoms with Crippen LogP contribution in [0.15, 0.2) is 54.7 Å². The summed E-state index contributed by atoms with van der Waals surface area (Å²) < 4.78 is 18.2. The molecule has 0 saturated carbocycles. The van der Waals surface area contributed by atoms with Crippen LogP contribution in [0.2, 0.25) is 0 Å². The Kier molecular flexibility index (Phi) is 7.54. The molecule has 0 unspecified atom stereocenters. The van der Waals surface area contributed by atoms with E-state index in [2.05, 4.69) is 20.2 Å². The Morgan fingerprint density at radius 3 is 2.65 bits per heavy atom. The van der Waals surface area contributed by atoms with Gasteiger partial charge in [0.1, 0.15) is 34.4 Å². The first-order valence-electron chi connectivity index (χ1n) is 12.0. The van der Waals surface area contributed by atoms with Gasteiger partial charge in [-0.1, -0.05) is 11.3 Å². The highest BCUT2D eigenvalue weighted by molar-refractivity contribution is 7.21. The van der Waals surface area contributed by atoms with Crippen LogP contribution in [0.25, 0.3) is 10.3 Å². The number of benzene rings is 1. The van der Waals surface area contributed by atoms with Gasteiger partial charge in [-0.25, -0.2) is 19.3 Å². The quantitative estimate of drug-likeness (QED) is 0.372. The molecule has 1 saturated heterocycles. The van der Waals surface area contributed by atoms with Gasteiger partial charge in [0, 0.05) is 58.8 Å². The number of rotatable bonds is 8. The van der Waals surface area contributed by atoms with Crippen LogP contribution in [0.3, 0.4) is 0 Å². The lowest BCUT2D eigenvalue weighted by Crippen LogP contribution is -2.49. The van der Waals surface area contributed by atoms with Crippen molar-refractivity contribution in [2.45, 2.75) is 6.54 Å². The molecule has 1 N–H and O–H groups in total. The highest BCUT2D eigenvalue weighted by atomic mass is 32.1. The molecular formula is C26H28FN7O2S. The minimum Gasteiger partial charge on any atom is -0.375 e. The second kappa shape index (κ2) is 11.2. The van der Waals surface area contributed by atoms with E-state index in [1.54, 1.807) is 25.4 Å². The summed E-state index contributed by atoms with van der Waals surface area (Å²) in [5.41, 5.74) is 2.78. The first-order valence-corrected chi connectivity index (χ1v) is 12.8. The van der Waals surface area contributed by atoms with Crippen LogP contribution in [-0.4, -0.2) is 77.6 Å². The molecule has 3 aromatic heterocycles. The Morgan fingerprint density at radius 2 is 1.89 bits per heavy atom. The van der Waals surface area contributed by atoms with Crippen LogP contribution >= 0.6 is 11.3 Å². The zero-order valence-electron chi connectivity index (χ0n) is 20.7. The predicted octanol–water partition coefficient (Wildman–Crippen LogP) is 4.03. The average molecular weight is 522 g/mol. The molecule has 9 nitrogen and oxygen atoms in total. The predicted molar refractivity (Wildman–Crippen MR) is 143 cm³/mol. The molecule has 37 heavy (non-hydrogen) atoms. The molecule has 1 amide bonds. The number of pyridine rings is 2. The molecule has 0 aliphatic carbocycles. The number of piperazine rings is 1. The lowest BCUT2D eigenvalue weighted by molar-refractivity contribution is -0.136. The van der Waals surface area contributed by atoms with Crippen LogP contribution in [0.5, 0.6) is 0 Å². The molecule has 11 heteroatoms. The molecule has 1 aromatic carbocycles. The topological polar surface area (TPSA) is 86.7 Å². The van der Waals surface area contributed by atoms with Crippen molar-refractivity contribution < 1.29 is 13.9 Å². The Balaban J connectivity index is 1.23. The fourth-order valence-electron chi connectivity index (χ4n) is 4.22. The highest BCUT2D eigenvalue weighted by Crippen LogP contribution is 2.30. The Labute approximate surface area is 218 Å². The van der Waals surface area contributed by atoms with Gasteiger partial charge < -0.3 is 19.9 Å². The SMILES string of the molecule is COCC(=O)N1CCN(Cc2ccnc(Nc3nc4ccc(N(C)c5ccc(F)cc5)nc4s3)c2)CC1. The molecule has 0 spiro atoms. The summed E-state index contributed by atoms with van der Waals surface area (Å²) in [6.07, 6.45) is 1.79. The minimum atomic E-state index is -0.270. The second-order valence-corrected chi connectivity index (χ2v) is 9.79. The number of carbonyl (C=O) groups excluding carboxylic acids is 1. The molecule has 192 valence electrons. The van der Waals surface area contributed by atoms with Gasteiger partial charge in [0.05, 0.1) is 0 Å². The third kappa shape index (κ3) is 6.01. The summed E-state index contributed by atoms with van der Waals surface area (Å²) in [6, 6.07) is 14.2. The van der Waals surface area contributed by atoms with E-state index in [1.165, 1.54) is 23.5 Å². The van der Waals surface area contributed by atoms with Crippen molar-refractivity contribution in [3.63, 3.8) is 0 Å². The van der Waals surface area contributed by atoms with Crippen LogP contribution in [-0.2, 0) is 16.1 Å². The van der Waals surface area contributed by atoms with Gasteiger partial charge in [-0.2, -0.15) is 0 Å². The van der Waals surface area contributed by atoms with Crippen molar-refractivity contribution in [3.05, 3.63) is 66.1 Å². The Hall–Kier alpha value is -3.67. The van der Waals surface area contributed by atoms with Gasteiger partial charge in [0.25, 0.3) is 0 Å². The summed E-state index contributed by atoms with van der Waals surface area (Å²) >= 11 is 1.45. The third-order valence-electron chi connectivity index (χ3n) is 6.26. The van der Waals surface area contributed by atoms with Gasteiger partial charge >= 0.3 is 0 Å². The van der Waals surface area contributed by atoms with E-state index >= 15 is 0 Å². The van der Waals surface area contributed by atoms with Crippen LogP contribution in [0, 0.1) is 5.82 Å². The van der Waals surface area contributed by atoms with Gasteiger partial charge in [0.15, 0.2) is 5.13 Å². The number of hydrogen-bond acceptors (Lipinski definition) is 9. The van der Waals surface area contributed by atoms with Gasteiger partial charge in [-0.05, 0) is 54.1 Å². The number of anilines is 4. The van der Waals surface area contributed by atoms with E-state index in [0.717, 1.165) is 47.1 Å². The molecule has 4 aromatic rings. The first kappa shape index (κ1) is 25.0. The molecule has 1 fully saturated rings. The van der Waals surface area contributed by atoms with Crippen molar-refractivity contribution >= 4 is 50.0 Å². The molecule has 5 rings (SSSR count). The number of fused-ring (bicyclic) bond motifs is 1. The first-order chi connectivity index (χ1) is 18.0. The number of nitrogens with one attached hydrogen (secondary N) is 1. The Bertz CT molecular complexity index is 1370. The number of amides is 1. The molecule has 4 heterocycles. The summed E-state index contributed by atoms with van der Waals surface area (Å²) in [4.78, 5) is 32.8. The molecule has 1 aliphatic rings. The maximum Gasteiger partial charge on any atom is 0.248 e. The van der Waals surface area contributed by atoms with E-state index < -0.39 is 0 Å². The molecule has 1 aliphatic heterocycles. The molecule has 0 bridgehead atoms. The van der Waals surface area contributed by atoms with Gasteiger partial charge in [-0.15, -0.1) is 0 Å². The molecule has 0 radical (unpaired) electrons. The van der Waals surface area contributed by atoms with Crippen LogP contribution in [0.4, 0.5) is 26.8 Å². The zero-order chi connectivity index (χ0) is 25.8. The number of aromatic nitrogens is 3. The summed E-state index contributed by atoms with van der Waals surface area (Å²) in [6.45, 7) is 3.96. The van der Waals surface area contributed by atoms with Crippen LogP contribution in [0.1, 0.15) is 5.56 Å². The van der Waals surface area contributed by atoms with E-state index in [4.69, 9.17) is 9.72 Å². The lowest BCUT2D eigenvalue weighted by atomic mass is 10.2. The summed E-state index contributed by atoms with van der Waals surface area (Å²) in [7, 11) is 3.44. The largest absolute Gasteiger partial charge is 0.375 e. The van der Waals surface area contributed by atoms with Crippen LogP contribution < -0.4 is 10.2 Å². The summed E-state index contributed by atoms with van der Waals surface area (Å²) in [5.74, 6) is 1.23. The second-order valence-electron chi connectivity index (χ2n) is 8.81. The summed E-state index contributed by atoms with van der Waals surface area (Å²) in [5, 5.41) is 4.02. The van der Waals surface area contributed by atoms with Crippen molar-refractivity contribution in [2.24, 2.45) is 0 Å². The Morgan fingerprint density at radius 1 is 1.11 bits per heavy atom. The van der Waals surface area contributed by atoms with E-state index in [0.29, 0.717) is 24.0 Å². The van der Waals surface area contributed by atoms with E-state index in [1.807, 2.05) is 41.1 Å². The maximum atomic E-state index is 13.3. The highest BCUT2D eigenvalue weighted by Gasteiger charge is 2.21. The van der Waals surface area contributed by atoms with E-state index in [-0.39, 0.29) is 18.3 Å². The number of thiazole rings is 1. The van der Waals surface area contributed by atoms with Crippen molar-refractivity contribution in [1.29, 1.82) is 0 Å². The van der Waals surface area contributed by atoms with Gasteiger partial charge in [-0.3, -0.25) is 9.69 Å². The van der Waals surface area contributed by atoms with Crippen molar-refractivity contribution in [3.8, 4) is 0 Å². The number of nitrogens with zero attached hydrogens (tertiary/aromatic N) is 6. The fraction of sp³-hybridized carbons (Fsp3) is 0.308. The molecule has 0 atom stereocenters. The fourth-order valence-corrected chi connectivity index (χ4v) is 5.06. The third-order valence-corrected chi connectivity index (χ3v) is 7.14. The zero-order valence-corrected chi connectivity index (χ0v) is 21.5. The number of hydrogen-bond donors (Lipinski definition) is 1. The van der Waals surface area contributed by atoms with Crippen molar-refractivity contribution in [2.75, 3.05) is 57.2 Å². The van der Waals surface area contributed by atoms with Crippen molar-refractivity contribution in [1.82, 2.24) is 24.8 Å². The number of halogens is 1. The number of carbonyl (C=O) groups is 1. The number of methoxy groups -OCH3 is 1. The smallest absolute Gasteiger partial charge is 0.248 e. The standard InChI is InChI=1S/C26H28FN7O2S/c1-32(20-5-3-19(27)4-6-20)23-8-7-21-25(31-23)37-26(29-21)30-22-15-18(9-10-28-22)16-33-11-13-34(14-12-33)24(35)17-36-2/h3-10,15H,11-14,16-17H2,1-2H3,(H,28,29,30). The van der Waals surface area contributed by atoms with E-state index in [9.17, 15) is 9.18 Å². The molecular weight excluding hydrogens is 493 g/mol. The normalized spacial score (nSPS) is 14.2. The minimum absolute atomic E-state index is 0.0390. The average Bonchev–Trinajstić information content (AvgIpc) is 3.31. The lowest BCUT2D eigenvalue weighted by Gasteiger charge is -2.34.